The van der Waals surface area contributed by atoms with E-state index >= 15 is 0 Å². The molecule has 2 nitrogen and oxygen atoms in total. The molecule has 0 aliphatic carbocycles. The van der Waals surface area contributed by atoms with Crippen molar-refractivity contribution in [2.75, 3.05) is 6.54 Å². The van der Waals surface area contributed by atoms with Gasteiger partial charge in [0.05, 0.1) is 23.0 Å². The summed E-state index contributed by atoms with van der Waals surface area (Å²) < 4.78 is 0. The molecular weight excluding hydrogens is 136 g/mol. The summed E-state index contributed by atoms with van der Waals surface area (Å²) in [6, 6.07) is 7.83. The van der Waals surface area contributed by atoms with Gasteiger partial charge in [-0.05, 0) is 12.1 Å². The van der Waals surface area contributed by atoms with Crippen molar-refractivity contribution in [3.8, 4) is 0 Å². The van der Waals surface area contributed by atoms with Crippen LogP contribution in [0, 0.1) is 0 Å². The molecule has 0 saturated carbocycles. The highest BCUT2D eigenvalue weighted by atomic mass is 14.9. The Labute approximate surface area is 64.6 Å². The van der Waals surface area contributed by atoms with E-state index < -0.39 is 0 Å². The molecule has 0 unspecified atom stereocenters. The number of hydrogen-bond donors (Lipinski definition) is 0. The lowest BCUT2D eigenvalue weighted by molar-refractivity contribution is 0.968. The fraction of sp³-hybridized carbons (Fsp3) is 0.111. The van der Waals surface area contributed by atoms with Gasteiger partial charge >= 0.3 is 0 Å². The second-order valence-electron chi connectivity index (χ2n) is 2.48. The highest BCUT2D eigenvalue weighted by Gasteiger charge is 1.95. The van der Waals surface area contributed by atoms with Crippen LogP contribution >= 0.6 is 0 Å². The Morgan fingerprint density at radius 3 is 2.73 bits per heavy atom. The van der Waals surface area contributed by atoms with Crippen LogP contribution in [0.4, 0.5) is 0 Å². The number of rotatable bonds is 0. The molecule has 0 N–H and O–H groups in total. The molecular formula is C9H8N2. The number of para-hydroxylation sites is 2. The minimum atomic E-state index is 0.636. The fourth-order valence-corrected chi connectivity index (χ4v) is 1.07. The van der Waals surface area contributed by atoms with Crippen LogP contribution in [-0.4, -0.2) is 6.54 Å². The van der Waals surface area contributed by atoms with Gasteiger partial charge in [-0.15, -0.1) is 0 Å². The molecule has 0 spiro atoms. The second-order valence-corrected chi connectivity index (χ2v) is 2.48. The smallest absolute Gasteiger partial charge is 0.0885 e. The van der Waals surface area contributed by atoms with Crippen LogP contribution in [0.25, 0.3) is 0 Å². The number of hydrogen-bond acceptors (Lipinski definition) is 2. The Balaban J connectivity index is 2.83. The molecule has 54 valence electrons. The maximum Gasteiger partial charge on any atom is 0.0885 e. The molecule has 0 amide bonds. The maximum atomic E-state index is 4.28. The Morgan fingerprint density at radius 1 is 1.18 bits per heavy atom. The topological polar surface area (TPSA) is 24.7 Å². The SMILES string of the molecule is C=C1CN=c2ccccc2=N1. The lowest BCUT2D eigenvalue weighted by Gasteiger charge is -1.99. The first kappa shape index (κ1) is 6.28. The number of fused-ring (bicyclic) bond motifs is 1. The van der Waals surface area contributed by atoms with Gasteiger partial charge in [0, 0.05) is 0 Å². The Kier molecular flexibility index (Phi) is 1.32. The average Bonchev–Trinajstić information content (AvgIpc) is 2.04. The zero-order chi connectivity index (χ0) is 7.68. The van der Waals surface area contributed by atoms with E-state index in [1.54, 1.807) is 0 Å². The van der Waals surface area contributed by atoms with E-state index in [0.717, 1.165) is 16.4 Å². The predicted molar refractivity (Wildman–Crippen MR) is 42.8 cm³/mol. The Hall–Kier alpha value is -1.44. The summed E-state index contributed by atoms with van der Waals surface area (Å²) in [5.74, 6) is 0. The molecule has 1 aliphatic rings. The lowest BCUT2D eigenvalue weighted by atomic mass is 10.3. The monoisotopic (exact) mass is 144 g/mol. The molecule has 1 aliphatic heterocycles. The van der Waals surface area contributed by atoms with Gasteiger partial charge in [-0.3, -0.25) is 4.99 Å². The molecule has 2 rings (SSSR count). The summed E-state index contributed by atoms with van der Waals surface area (Å²) in [5, 5.41) is 1.91. The van der Waals surface area contributed by atoms with Crippen LogP contribution in [0.5, 0.6) is 0 Å². The van der Waals surface area contributed by atoms with E-state index in [9.17, 15) is 0 Å². The summed E-state index contributed by atoms with van der Waals surface area (Å²) in [5.41, 5.74) is 0.837. The van der Waals surface area contributed by atoms with Crippen LogP contribution in [0.1, 0.15) is 0 Å². The first-order chi connectivity index (χ1) is 5.36. The number of nitrogens with zero attached hydrogens (tertiary/aromatic N) is 2. The zero-order valence-corrected chi connectivity index (χ0v) is 6.12. The minimum absolute atomic E-state index is 0.636. The average molecular weight is 144 g/mol. The van der Waals surface area contributed by atoms with Crippen LogP contribution in [-0.2, 0) is 0 Å². The first-order valence-electron chi connectivity index (χ1n) is 3.52. The molecule has 0 saturated heterocycles. The van der Waals surface area contributed by atoms with Crippen molar-refractivity contribution in [3.63, 3.8) is 0 Å². The summed E-state index contributed by atoms with van der Waals surface area (Å²) in [6.07, 6.45) is 0. The van der Waals surface area contributed by atoms with Crippen LogP contribution < -0.4 is 10.7 Å². The third kappa shape index (κ3) is 1.07. The van der Waals surface area contributed by atoms with Crippen molar-refractivity contribution in [2.24, 2.45) is 9.98 Å². The number of benzene rings is 1. The molecule has 0 atom stereocenters. The summed E-state index contributed by atoms with van der Waals surface area (Å²) >= 11 is 0. The quantitative estimate of drug-likeness (QED) is 0.505. The van der Waals surface area contributed by atoms with E-state index in [2.05, 4.69) is 16.6 Å². The largest absolute Gasteiger partial charge is 0.277 e. The van der Waals surface area contributed by atoms with E-state index in [0.29, 0.717) is 6.54 Å². The molecule has 11 heavy (non-hydrogen) atoms. The van der Waals surface area contributed by atoms with Gasteiger partial charge in [0.25, 0.3) is 0 Å². The van der Waals surface area contributed by atoms with Gasteiger partial charge in [-0.1, -0.05) is 18.7 Å². The van der Waals surface area contributed by atoms with Crippen molar-refractivity contribution in [1.82, 2.24) is 0 Å². The van der Waals surface area contributed by atoms with Gasteiger partial charge in [-0.2, -0.15) is 0 Å². The van der Waals surface area contributed by atoms with Crippen LogP contribution in [0.3, 0.4) is 0 Å². The molecule has 1 aromatic carbocycles. The van der Waals surface area contributed by atoms with Gasteiger partial charge in [0.1, 0.15) is 0 Å². The van der Waals surface area contributed by atoms with E-state index in [4.69, 9.17) is 0 Å². The maximum absolute atomic E-state index is 4.28. The predicted octanol–water partition coefficient (Wildman–Crippen LogP) is 0.453. The van der Waals surface area contributed by atoms with Crippen molar-refractivity contribution < 1.29 is 0 Å². The fourth-order valence-electron chi connectivity index (χ4n) is 1.07. The van der Waals surface area contributed by atoms with Crippen LogP contribution in [0.15, 0.2) is 46.5 Å². The Morgan fingerprint density at radius 2 is 1.91 bits per heavy atom. The van der Waals surface area contributed by atoms with Crippen molar-refractivity contribution >= 4 is 0 Å². The third-order valence-corrected chi connectivity index (χ3v) is 1.59. The van der Waals surface area contributed by atoms with E-state index in [1.807, 2.05) is 24.3 Å². The molecule has 0 fully saturated rings. The minimum Gasteiger partial charge on any atom is -0.277 e. The van der Waals surface area contributed by atoms with Crippen molar-refractivity contribution in [2.45, 2.75) is 0 Å². The molecule has 2 heteroatoms. The Bertz CT molecular complexity index is 404. The van der Waals surface area contributed by atoms with E-state index in [1.165, 1.54) is 0 Å². The van der Waals surface area contributed by atoms with Gasteiger partial charge in [-0.25, -0.2) is 4.99 Å². The summed E-state index contributed by atoms with van der Waals surface area (Å²) in [7, 11) is 0. The first-order valence-corrected chi connectivity index (χ1v) is 3.52. The summed E-state index contributed by atoms with van der Waals surface area (Å²) in [6.45, 7) is 4.39. The van der Waals surface area contributed by atoms with Gasteiger partial charge in [0.15, 0.2) is 0 Å². The second kappa shape index (κ2) is 2.31. The van der Waals surface area contributed by atoms with Gasteiger partial charge in [0.2, 0.25) is 0 Å². The summed E-state index contributed by atoms with van der Waals surface area (Å²) in [4.78, 5) is 8.54. The zero-order valence-electron chi connectivity index (χ0n) is 6.12. The molecule has 1 heterocycles. The molecule has 0 aromatic heterocycles. The van der Waals surface area contributed by atoms with Gasteiger partial charge < -0.3 is 0 Å². The molecule has 0 bridgehead atoms. The third-order valence-electron chi connectivity index (χ3n) is 1.59. The van der Waals surface area contributed by atoms with Crippen molar-refractivity contribution in [1.29, 1.82) is 0 Å². The van der Waals surface area contributed by atoms with Crippen molar-refractivity contribution in [3.05, 3.63) is 47.3 Å². The standard InChI is InChI=1S/C9H8N2/c1-7-6-10-8-4-2-3-5-9(8)11-7/h2-5H,1,6H2. The molecule has 0 radical (unpaired) electrons. The lowest BCUT2D eigenvalue weighted by Crippen LogP contribution is -2.28. The normalized spacial score (nSPS) is 14.7. The van der Waals surface area contributed by atoms with E-state index in [-0.39, 0.29) is 0 Å². The highest BCUT2D eigenvalue weighted by Crippen LogP contribution is 1.92. The highest BCUT2D eigenvalue weighted by molar-refractivity contribution is 5.08. The molecule has 1 aromatic rings. The van der Waals surface area contributed by atoms with Crippen LogP contribution in [0.2, 0.25) is 0 Å².